The van der Waals surface area contributed by atoms with Gasteiger partial charge in [0.05, 0.1) is 6.10 Å². The number of carbonyl (C=O) groups is 2. The molecule has 0 spiro atoms. The van der Waals surface area contributed by atoms with E-state index in [9.17, 15) is 9.59 Å². The number of hydrogen-bond acceptors (Lipinski definition) is 3. The highest BCUT2D eigenvalue weighted by Crippen LogP contribution is 2.42. The molecule has 2 aromatic carbocycles. The zero-order valence-corrected chi connectivity index (χ0v) is 20.6. The van der Waals surface area contributed by atoms with Crippen LogP contribution in [0.15, 0.2) is 35.9 Å². The van der Waals surface area contributed by atoms with Crippen molar-refractivity contribution >= 4 is 17.6 Å². The largest absolute Gasteiger partial charge is 0.381 e. The number of Topliss-reactive ketones (excluding diaryl/α,β-unsaturated/α-hetero) is 2. The van der Waals surface area contributed by atoms with Crippen molar-refractivity contribution in [1.82, 2.24) is 0 Å². The minimum Gasteiger partial charge on any atom is -0.381 e. The van der Waals surface area contributed by atoms with Gasteiger partial charge in [0.15, 0.2) is 11.6 Å². The summed E-state index contributed by atoms with van der Waals surface area (Å²) in [6.07, 6.45) is 15.0. The van der Waals surface area contributed by atoms with Crippen molar-refractivity contribution in [2.75, 3.05) is 7.11 Å². The standard InChI is InChI=1S/C31H36O3/c1-20(32)23-10-11-24-17-22(8-7-21-5-3-4-6-26(34-2)13-9-21)18-25-12-14-27-28(15-16-30(27)33)31(25)29(24)19-23/h10-12,14,18-19,21,26H,3-9,13,15-17H2,1-2H3. The van der Waals surface area contributed by atoms with Gasteiger partial charge in [-0.15, -0.1) is 0 Å². The summed E-state index contributed by atoms with van der Waals surface area (Å²) in [5.74, 6) is 1.09. The van der Waals surface area contributed by atoms with E-state index >= 15 is 0 Å². The monoisotopic (exact) mass is 456 g/mol. The van der Waals surface area contributed by atoms with Gasteiger partial charge in [-0.2, -0.15) is 0 Å². The number of ketones is 2. The Morgan fingerprint density at radius 2 is 1.85 bits per heavy atom. The van der Waals surface area contributed by atoms with Crippen molar-refractivity contribution in [2.45, 2.75) is 83.7 Å². The lowest BCUT2D eigenvalue weighted by Crippen LogP contribution is -2.16. The van der Waals surface area contributed by atoms with E-state index in [0.29, 0.717) is 12.5 Å². The van der Waals surface area contributed by atoms with Crippen molar-refractivity contribution in [3.63, 3.8) is 0 Å². The first-order valence-electron chi connectivity index (χ1n) is 13.1. The van der Waals surface area contributed by atoms with Gasteiger partial charge in [-0.25, -0.2) is 0 Å². The maximum Gasteiger partial charge on any atom is 0.163 e. The van der Waals surface area contributed by atoms with Crippen molar-refractivity contribution in [3.8, 4) is 11.1 Å². The van der Waals surface area contributed by atoms with Crippen LogP contribution in [0.2, 0.25) is 0 Å². The second kappa shape index (κ2) is 10.00. The van der Waals surface area contributed by atoms with Crippen LogP contribution in [0.5, 0.6) is 0 Å². The van der Waals surface area contributed by atoms with Crippen LogP contribution in [0.3, 0.4) is 0 Å². The van der Waals surface area contributed by atoms with E-state index < -0.39 is 0 Å². The Balaban J connectivity index is 1.46. The highest BCUT2D eigenvalue weighted by Gasteiger charge is 2.27. The van der Waals surface area contributed by atoms with Crippen molar-refractivity contribution in [3.05, 3.63) is 63.7 Å². The Hall–Kier alpha value is -2.52. The normalized spacial score (nSPS) is 22.1. The Kier molecular flexibility index (Phi) is 6.83. The lowest BCUT2D eigenvalue weighted by atomic mass is 9.85. The summed E-state index contributed by atoms with van der Waals surface area (Å²) in [4.78, 5) is 24.7. The van der Waals surface area contributed by atoms with Gasteiger partial charge in [-0.05, 0) is 91.7 Å². The minimum atomic E-state index is 0.0871. The first-order chi connectivity index (χ1) is 16.5. The summed E-state index contributed by atoms with van der Waals surface area (Å²) in [7, 11) is 1.86. The number of rotatable bonds is 5. The lowest BCUT2D eigenvalue weighted by Gasteiger charge is -2.24. The van der Waals surface area contributed by atoms with E-state index in [2.05, 4.69) is 24.3 Å². The van der Waals surface area contributed by atoms with E-state index in [1.807, 2.05) is 19.2 Å². The molecule has 178 valence electrons. The molecule has 5 rings (SSSR count). The van der Waals surface area contributed by atoms with Gasteiger partial charge >= 0.3 is 0 Å². The topological polar surface area (TPSA) is 43.4 Å². The van der Waals surface area contributed by atoms with Gasteiger partial charge in [0.25, 0.3) is 0 Å². The summed E-state index contributed by atoms with van der Waals surface area (Å²) >= 11 is 0. The number of hydrogen-bond donors (Lipinski definition) is 0. The zero-order valence-electron chi connectivity index (χ0n) is 20.6. The van der Waals surface area contributed by atoms with Gasteiger partial charge in [0.1, 0.15) is 0 Å². The van der Waals surface area contributed by atoms with Gasteiger partial charge in [0, 0.05) is 24.7 Å². The molecule has 3 nitrogen and oxygen atoms in total. The maximum atomic E-state index is 12.5. The van der Waals surface area contributed by atoms with Crippen molar-refractivity contribution < 1.29 is 14.3 Å². The molecule has 0 aromatic heterocycles. The Bertz CT molecular complexity index is 1140. The average molecular weight is 457 g/mol. The molecule has 2 aromatic rings. The minimum absolute atomic E-state index is 0.0871. The number of methoxy groups -OCH3 is 1. The fourth-order valence-corrected chi connectivity index (χ4v) is 6.29. The molecule has 1 fully saturated rings. The third-order valence-corrected chi connectivity index (χ3v) is 8.30. The fraction of sp³-hybridized carbons (Fsp3) is 0.484. The molecule has 3 aliphatic rings. The third-order valence-electron chi connectivity index (χ3n) is 8.30. The molecule has 0 bridgehead atoms. The van der Waals surface area contributed by atoms with E-state index in [4.69, 9.17) is 4.74 Å². The predicted octanol–water partition coefficient (Wildman–Crippen LogP) is 7.39. The van der Waals surface area contributed by atoms with Gasteiger partial charge in [-0.1, -0.05) is 55.2 Å². The first-order valence-corrected chi connectivity index (χ1v) is 13.1. The van der Waals surface area contributed by atoms with Crippen LogP contribution in [-0.2, 0) is 17.6 Å². The molecular weight excluding hydrogens is 420 g/mol. The number of allylic oxidation sites excluding steroid dienone is 1. The molecule has 1 saturated carbocycles. The Labute approximate surface area is 203 Å². The SMILES string of the molecule is COC1CCCCC(CCC2=Cc3ccc4c(c3-c3cc(C(C)=O)ccc3C2)CCC4=O)CC1. The highest BCUT2D eigenvalue weighted by atomic mass is 16.5. The second-order valence-corrected chi connectivity index (χ2v) is 10.5. The average Bonchev–Trinajstić information content (AvgIpc) is 3.10. The number of carbonyl (C=O) groups excluding carboxylic acids is 2. The molecule has 0 amide bonds. The molecule has 0 N–H and O–H groups in total. The molecule has 2 atom stereocenters. The predicted molar refractivity (Wildman–Crippen MR) is 137 cm³/mol. The van der Waals surface area contributed by atoms with Crippen molar-refractivity contribution in [1.29, 1.82) is 0 Å². The highest BCUT2D eigenvalue weighted by molar-refractivity contribution is 6.04. The summed E-state index contributed by atoms with van der Waals surface area (Å²) < 4.78 is 5.68. The van der Waals surface area contributed by atoms with Gasteiger partial charge < -0.3 is 4.74 Å². The number of ether oxygens (including phenoxy) is 1. The summed E-state index contributed by atoms with van der Waals surface area (Å²) in [6, 6.07) is 10.3. The van der Waals surface area contributed by atoms with Crippen LogP contribution < -0.4 is 0 Å². The summed E-state index contributed by atoms with van der Waals surface area (Å²) in [6.45, 7) is 1.63. The molecule has 0 heterocycles. The van der Waals surface area contributed by atoms with Gasteiger partial charge in [0.2, 0.25) is 0 Å². The molecular formula is C31H36O3. The summed E-state index contributed by atoms with van der Waals surface area (Å²) in [5.41, 5.74) is 9.08. The molecule has 0 radical (unpaired) electrons. The molecule has 0 aliphatic heterocycles. The van der Waals surface area contributed by atoms with Crippen LogP contribution >= 0.6 is 0 Å². The molecule has 0 saturated heterocycles. The van der Waals surface area contributed by atoms with E-state index in [0.717, 1.165) is 41.9 Å². The molecule has 3 heteroatoms. The van der Waals surface area contributed by atoms with Crippen LogP contribution in [0.25, 0.3) is 17.2 Å². The lowest BCUT2D eigenvalue weighted by molar-refractivity contribution is 0.0725. The number of benzene rings is 2. The van der Waals surface area contributed by atoms with Crippen LogP contribution in [-0.4, -0.2) is 24.8 Å². The van der Waals surface area contributed by atoms with Crippen LogP contribution in [0.1, 0.15) is 102 Å². The fourth-order valence-electron chi connectivity index (χ4n) is 6.29. The van der Waals surface area contributed by atoms with Gasteiger partial charge in [-0.3, -0.25) is 9.59 Å². The quantitative estimate of drug-likeness (QED) is 0.441. The Morgan fingerprint density at radius 3 is 2.68 bits per heavy atom. The van der Waals surface area contributed by atoms with Crippen LogP contribution in [0.4, 0.5) is 0 Å². The van der Waals surface area contributed by atoms with E-state index in [1.165, 1.54) is 72.8 Å². The molecule has 3 aliphatic carbocycles. The summed E-state index contributed by atoms with van der Waals surface area (Å²) in [5, 5.41) is 0. The second-order valence-electron chi connectivity index (χ2n) is 10.5. The van der Waals surface area contributed by atoms with Crippen LogP contribution in [0, 0.1) is 5.92 Å². The van der Waals surface area contributed by atoms with E-state index in [1.54, 1.807) is 6.92 Å². The first kappa shape index (κ1) is 23.2. The maximum absolute atomic E-state index is 12.5. The zero-order chi connectivity index (χ0) is 23.7. The molecule has 2 unspecified atom stereocenters. The Morgan fingerprint density at radius 1 is 1.00 bits per heavy atom. The third kappa shape index (κ3) is 4.68. The van der Waals surface area contributed by atoms with Crippen molar-refractivity contribution in [2.24, 2.45) is 5.92 Å². The molecule has 34 heavy (non-hydrogen) atoms. The van der Waals surface area contributed by atoms with E-state index in [-0.39, 0.29) is 11.6 Å². The number of fused-ring (bicyclic) bond motifs is 5. The smallest absolute Gasteiger partial charge is 0.163 e.